The number of benzene rings is 1. The molecule has 1 rings (SSSR count). The van der Waals surface area contributed by atoms with Gasteiger partial charge < -0.3 is 4.90 Å². The third kappa shape index (κ3) is 4.65. The van der Waals surface area contributed by atoms with Crippen LogP contribution in [0.2, 0.25) is 5.02 Å². The van der Waals surface area contributed by atoms with E-state index >= 15 is 0 Å². The second-order valence-corrected chi connectivity index (χ2v) is 4.35. The van der Waals surface area contributed by atoms with Gasteiger partial charge in [-0.25, -0.2) is 0 Å². The van der Waals surface area contributed by atoms with E-state index in [9.17, 15) is 0 Å². The Labute approximate surface area is 102 Å². The molecule has 0 unspecified atom stereocenters. The van der Waals surface area contributed by atoms with Crippen molar-refractivity contribution in [2.24, 2.45) is 0 Å². The van der Waals surface area contributed by atoms with Crippen molar-refractivity contribution in [3.05, 3.63) is 34.9 Å². The number of nitriles is 1. The van der Waals surface area contributed by atoms with Gasteiger partial charge in [-0.1, -0.05) is 29.8 Å². The Bertz CT molecular complexity index is 357. The first-order valence-corrected chi connectivity index (χ1v) is 5.90. The zero-order valence-electron chi connectivity index (χ0n) is 9.62. The van der Waals surface area contributed by atoms with Crippen molar-refractivity contribution < 1.29 is 0 Å². The quantitative estimate of drug-likeness (QED) is 0.708. The van der Waals surface area contributed by atoms with Gasteiger partial charge in [0.2, 0.25) is 0 Å². The summed E-state index contributed by atoms with van der Waals surface area (Å²) < 4.78 is 0. The maximum absolute atomic E-state index is 8.42. The average Bonchev–Trinajstić information content (AvgIpc) is 2.28. The van der Waals surface area contributed by atoms with Gasteiger partial charge in [0.1, 0.15) is 0 Å². The predicted molar refractivity (Wildman–Crippen MR) is 67.3 cm³/mol. The van der Waals surface area contributed by atoms with Crippen LogP contribution >= 0.6 is 11.6 Å². The highest BCUT2D eigenvalue weighted by Gasteiger charge is 2.03. The molecular weight excluding hydrogens is 220 g/mol. The first kappa shape index (κ1) is 13.0. The Morgan fingerprint density at radius 3 is 2.75 bits per heavy atom. The summed E-state index contributed by atoms with van der Waals surface area (Å²) in [6.07, 6.45) is 2.69. The highest BCUT2D eigenvalue weighted by Crippen LogP contribution is 2.16. The smallest absolute Gasteiger partial charge is 0.0621 e. The van der Waals surface area contributed by atoms with Crippen molar-refractivity contribution in [3.63, 3.8) is 0 Å². The molecule has 0 aliphatic carbocycles. The zero-order valence-corrected chi connectivity index (χ0v) is 10.4. The maximum Gasteiger partial charge on any atom is 0.0621 e. The molecule has 0 heterocycles. The lowest BCUT2D eigenvalue weighted by atomic mass is 10.2. The summed E-state index contributed by atoms with van der Waals surface area (Å²) >= 11 is 6.08. The monoisotopic (exact) mass is 236 g/mol. The van der Waals surface area contributed by atoms with E-state index < -0.39 is 0 Å². The molecule has 86 valence electrons. The van der Waals surface area contributed by atoms with Gasteiger partial charge in [0.15, 0.2) is 0 Å². The molecule has 0 saturated carbocycles. The second-order valence-electron chi connectivity index (χ2n) is 3.94. The summed E-state index contributed by atoms with van der Waals surface area (Å²) in [4.78, 5) is 2.23. The SMILES string of the molecule is CN(CCCCC#N)Cc1ccccc1Cl. The molecule has 0 bridgehead atoms. The van der Waals surface area contributed by atoms with Gasteiger partial charge in [-0.05, 0) is 38.1 Å². The number of unbranched alkanes of at least 4 members (excludes halogenated alkanes) is 2. The fourth-order valence-electron chi connectivity index (χ4n) is 1.58. The molecule has 0 amide bonds. The Morgan fingerprint density at radius 1 is 1.31 bits per heavy atom. The van der Waals surface area contributed by atoms with E-state index in [1.165, 1.54) is 0 Å². The average molecular weight is 237 g/mol. The summed E-state index contributed by atoms with van der Waals surface area (Å²) in [7, 11) is 2.08. The van der Waals surface area contributed by atoms with Crippen LogP contribution in [0, 0.1) is 11.3 Å². The molecule has 1 aromatic carbocycles. The zero-order chi connectivity index (χ0) is 11.8. The van der Waals surface area contributed by atoms with E-state index in [0.29, 0.717) is 6.42 Å². The Balaban J connectivity index is 2.32. The van der Waals surface area contributed by atoms with Gasteiger partial charge in [0.05, 0.1) is 6.07 Å². The molecule has 0 fully saturated rings. The lowest BCUT2D eigenvalue weighted by Crippen LogP contribution is -2.19. The molecule has 0 radical (unpaired) electrons. The molecule has 16 heavy (non-hydrogen) atoms. The molecule has 3 heteroatoms. The largest absolute Gasteiger partial charge is 0.302 e. The normalized spacial score (nSPS) is 10.4. The van der Waals surface area contributed by atoms with Crippen LogP contribution in [0.15, 0.2) is 24.3 Å². The van der Waals surface area contributed by atoms with E-state index in [1.807, 2.05) is 24.3 Å². The first-order chi connectivity index (χ1) is 7.74. The van der Waals surface area contributed by atoms with E-state index in [1.54, 1.807) is 0 Å². The molecule has 1 aromatic rings. The number of halogens is 1. The minimum atomic E-state index is 0.653. The number of nitrogens with zero attached hydrogens (tertiary/aromatic N) is 2. The van der Waals surface area contributed by atoms with Crippen molar-refractivity contribution in [3.8, 4) is 6.07 Å². The molecule has 0 aliphatic heterocycles. The van der Waals surface area contributed by atoms with Crippen molar-refractivity contribution in [2.45, 2.75) is 25.8 Å². The van der Waals surface area contributed by atoms with Gasteiger partial charge in [-0.2, -0.15) is 5.26 Å². The topological polar surface area (TPSA) is 27.0 Å². The lowest BCUT2D eigenvalue weighted by Gasteiger charge is -2.16. The van der Waals surface area contributed by atoms with Crippen LogP contribution in [0.4, 0.5) is 0 Å². The van der Waals surface area contributed by atoms with E-state index in [4.69, 9.17) is 16.9 Å². The number of hydrogen-bond acceptors (Lipinski definition) is 2. The van der Waals surface area contributed by atoms with E-state index in [2.05, 4.69) is 18.0 Å². The van der Waals surface area contributed by atoms with Crippen LogP contribution in [0.3, 0.4) is 0 Å². The Kier molecular flexibility index (Phi) is 5.92. The van der Waals surface area contributed by atoms with Crippen molar-refractivity contribution in [2.75, 3.05) is 13.6 Å². The molecule has 0 atom stereocenters. The first-order valence-electron chi connectivity index (χ1n) is 5.53. The molecule has 0 saturated heterocycles. The molecule has 0 aliphatic rings. The number of rotatable bonds is 6. The second kappa shape index (κ2) is 7.27. The molecule has 0 N–H and O–H groups in total. The summed E-state index contributed by atoms with van der Waals surface area (Å²) in [5.41, 5.74) is 1.16. The lowest BCUT2D eigenvalue weighted by molar-refractivity contribution is 0.319. The highest BCUT2D eigenvalue weighted by atomic mass is 35.5. The third-order valence-electron chi connectivity index (χ3n) is 2.48. The summed E-state index contributed by atoms with van der Waals surface area (Å²) in [5.74, 6) is 0. The minimum Gasteiger partial charge on any atom is -0.302 e. The summed E-state index contributed by atoms with van der Waals surface area (Å²) in [6.45, 7) is 1.87. The van der Waals surface area contributed by atoms with Crippen LogP contribution in [-0.2, 0) is 6.54 Å². The number of hydrogen-bond donors (Lipinski definition) is 0. The van der Waals surface area contributed by atoms with E-state index in [-0.39, 0.29) is 0 Å². The van der Waals surface area contributed by atoms with Crippen LogP contribution in [0.25, 0.3) is 0 Å². The highest BCUT2D eigenvalue weighted by molar-refractivity contribution is 6.31. The third-order valence-corrected chi connectivity index (χ3v) is 2.85. The molecular formula is C13H17ClN2. The molecule has 0 aromatic heterocycles. The van der Waals surface area contributed by atoms with Gasteiger partial charge in [-0.3, -0.25) is 0 Å². The van der Waals surface area contributed by atoms with Crippen LogP contribution < -0.4 is 0 Å². The summed E-state index contributed by atoms with van der Waals surface area (Å²) in [5, 5.41) is 9.25. The Hall–Kier alpha value is -1.04. The fourth-order valence-corrected chi connectivity index (χ4v) is 1.78. The summed E-state index contributed by atoms with van der Waals surface area (Å²) in [6, 6.07) is 10.1. The minimum absolute atomic E-state index is 0.653. The van der Waals surface area contributed by atoms with Crippen molar-refractivity contribution >= 4 is 11.6 Å². The van der Waals surface area contributed by atoms with Crippen molar-refractivity contribution in [1.29, 1.82) is 5.26 Å². The van der Waals surface area contributed by atoms with E-state index in [0.717, 1.165) is 36.5 Å². The van der Waals surface area contributed by atoms with Crippen LogP contribution in [-0.4, -0.2) is 18.5 Å². The predicted octanol–water partition coefficient (Wildman–Crippen LogP) is 3.47. The molecule has 2 nitrogen and oxygen atoms in total. The standard InChI is InChI=1S/C13H17ClN2/c1-16(10-6-2-5-9-15)11-12-7-3-4-8-13(12)14/h3-4,7-8H,2,5-6,10-11H2,1H3. The fraction of sp³-hybridized carbons (Fsp3) is 0.462. The Morgan fingerprint density at radius 2 is 2.06 bits per heavy atom. The van der Waals surface area contributed by atoms with Crippen LogP contribution in [0.5, 0.6) is 0 Å². The van der Waals surface area contributed by atoms with Crippen molar-refractivity contribution in [1.82, 2.24) is 4.90 Å². The van der Waals surface area contributed by atoms with Gasteiger partial charge in [0, 0.05) is 18.0 Å². The molecule has 0 spiro atoms. The van der Waals surface area contributed by atoms with Gasteiger partial charge in [-0.15, -0.1) is 0 Å². The van der Waals surface area contributed by atoms with Gasteiger partial charge >= 0.3 is 0 Å². The maximum atomic E-state index is 8.42. The van der Waals surface area contributed by atoms with Crippen LogP contribution in [0.1, 0.15) is 24.8 Å². The van der Waals surface area contributed by atoms with Gasteiger partial charge in [0.25, 0.3) is 0 Å².